The first-order valence-electron chi connectivity index (χ1n) is 8.58. The van der Waals surface area contributed by atoms with Crippen LogP contribution < -0.4 is 0 Å². The number of ether oxygens (including phenoxy) is 1. The van der Waals surface area contributed by atoms with Crippen LogP contribution in [0.2, 0.25) is 0 Å². The lowest BCUT2D eigenvalue weighted by molar-refractivity contribution is -0.129. The zero-order chi connectivity index (χ0) is 18.2. The van der Waals surface area contributed by atoms with Crippen molar-refractivity contribution in [3.05, 3.63) is 46.3 Å². The number of carbonyl (C=O) groups is 2. The lowest BCUT2D eigenvalue weighted by Gasteiger charge is -2.21. The van der Waals surface area contributed by atoms with E-state index in [1.54, 1.807) is 0 Å². The average Bonchev–Trinajstić information content (AvgIpc) is 2.93. The number of hydrogen-bond donors (Lipinski definition) is 0. The first-order chi connectivity index (χ1) is 12.0. The average molecular weight is 344 g/mol. The van der Waals surface area contributed by atoms with Crippen LogP contribution in [0.3, 0.4) is 0 Å². The van der Waals surface area contributed by atoms with Gasteiger partial charge in [-0.05, 0) is 36.3 Å². The van der Waals surface area contributed by atoms with Crippen LogP contribution in [0.1, 0.15) is 38.7 Å². The molecule has 1 saturated heterocycles. The minimum absolute atomic E-state index is 0.163. The summed E-state index contributed by atoms with van der Waals surface area (Å²) in [6.07, 6.45) is 1.30. The van der Waals surface area contributed by atoms with E-state index >= 15 is 0 Å². The van der Waals surface area contributed by atoms with Gasteiger partial charge in [0.25, 0.3) is 0 Å². The van der Waals surface area contributed by atoms with Crippen LogP contribution in [0.25, 0.3) is 10.4 Å². The summed E-state index contributed by atoms with van der Waals surface area (Å²) >= 11 is 0. The van der Waals surface area contributed by atoms with E-state index in [1.807, 2.05) is 44.2 Å². The minimum atomic E-state index is -0.588. The number of cyclic esters (lactones) is 1. The zero-order valence-corrected chi connectivity index (χ0v) is 14.7. The van der Waals surface area contributed by atoms with Crippen molar-refractivity contribution in [1.29, 1.82) is 0 Å². The standard InChI is InChI=1S/C18H24N4O3/c1-13(2)10-15(20-21-19)8-9-17(23)22-16(12-25-18(22)24)11-14-6-4-3-5-7-14/h3-7,13,15-16H,8-12H2,1-2H3/t15-,16-/m1/s1. The highest BCUT2D eigenvalue weighted by molar-refractivity contribution is 5.93. The van der Waals surface area contributed by atoms with Crippen molar-refractivity contribution >= 4 is 12.0 Å². The summed E-state index contributed by atoms with van der Waals surface area (Å²) < 4.78 is 5.07. The number of benzene rings is 1. The Hall–Kier alpha value is -2.53. The Morgan fingerprint density at radius 1 is 1.40 bits per heavy atom. The molecule has 0 bridgehead atoms. The molecule has 0 unspecified atom stereocenters. The molecule has 1 aromatic rings. The van der Waals surface area contributed by atoms with Gasteiger partial charge >= 0.3 is 6.09 Å². The molecule has 0 saturated carbocycles. The smallest absolute Gasteiger partial charge is 0.416 e. The molecule has 2 atom stereocenters. The SMILES string of the molecule is CC(C)C[C@@H](CCC(=O)N1C(=O)OC[C@H]1Cc1ccccc1)N=[N+]=[N-]. The van der Waals surface area contributed by atoms with Crippen molar-refractivity contribution in [3.8, 4) is 0 Å². The van der Waals surface area contributed by atoms with Gasteiger partial charge in [-0.3, -0.25) is 4.79 Å². The molecule has 2 rings (SSSR count). The molecule has 1 aliphatic rings. The van der Waals surface area contributed by atoms with E-state index in [2.05, 4.69) is 10.0 Å². The molecule has 25 heavy (non-hydrogen) atoms. The van der Waals surface area contributed by atoms with Gasteiger partial charge in [0, 0.05) is 17.4 Å². The Labute approximate surface area is 147 Å². The van der Waals surface area contributed by atoms with Crippen molar-refractivity contribution in [3.63, 3.8) is 0 Å². The first kappa shape index (κ1) is 18.8. The van der Waals surface area contributed by atoms with E-state index in [1.165, 1.54) is 4.90 Å². The molecule has 1 aromatic carbocycles. The van der Waals surface area contributed by atoms with E-state index < -0.39 is 6.09 Å². The predicted molar refractivity (Wildman–Crippen MR) is 93.8 cm³/mol. The molecule has 0 aromatic heterocycles. The van der Waals surface area contributed by atoms with Crippen molar-refractivity contribution < 1.29 is 14.3 Å². The van der Waals surface area contributed by atoms with Gasteiger partial charge in [-0.25, -0.2) is 9.69 Å². The fourth-order valence-corrected chi connectivity index (χ4v) is 3.05. The third kappa shape index (κ3) is 5.50. The summed E-state index contributed by atoms with van der Waals surface area (Å²) in [4.78, 5) is 28.6. The van der Waals surface area contributed by atoms with Crippen molar-refractivity contribution in [1.82, 2.24) is 4.90 Å². The first-order valence-corrected chi connectivity index (χ1v) is 8.58. The maximum Gasteiger partial charge on any atom is 0.416 e. The fraction of sp³-hybridized carbons (Fsp3) is 0.556. The molecular weight excluding hydrogens is 320 g/mol. The van der Waals surface area contributed by atoms with Gasteiger partial charge in [0.2, 0.25) is 5.91 Å². The Morgan fingerprint density at radius 2 is 2.12 bits per heavy atom. The highest BCUT2D eigenvalue weighted by atomic mass is 16.6. The van der Waals surface area contributed by atoms with Crippen LogP contribution in [0, 0.1) is 5.92 Å². The Bertz CT molecular complexity index is 641. The number of imide groups is 1. The molecule has 2 amide bonds. The van der Waals surface area contributed by atoms with Crippen LogP contribution in [-0.4, -0.2) is 35.6 Å². The van der Waals surface area contributed by atoms with Crippen LogP contribution in [0.4, 0.5) is 4.79 Å². The van der Waals surface area contributed by atoms with E-state index in [9.17, 15) is 9.59 Å². The van der Waals surface area contributed by atoms with Gasteiger partial charge in [-0.1, -0.05) is 49.3 Å². The quantitative estimate of drug-likeness (QED) is 0.404. The van der Waals surface area contributed by atoms with Gasteiger partial charge in [0.15, 0.2) is 0 Å². The third-order valence-electron chi connectivity index (χ3n) is 4.19. The predicted octanol–water partition coefficient (Wildman–Crippen LogP) is 4.08. The highest BCUT2D eigenvalue weighted by Gasteiger charge is 2.37. The molecule has 0 spiro atoms. The maximum absolute atomic E-state index is 12.5. The molecule has 1 heterocycles. The molecule has 0 aliphatic carbocycles. The zero-order valence-electron chi connectivity index (χ0n) is 14.7. The van der Waals surface area contributed by atoms with Gasteiger partial charge in [0.1, 0.15) is 6.61 Å². The largest absolute Gasteiger partial charge is 0.447 e. The molecule has 7 heteroatoms. The topological polar surface area (TPSA) is 95.4 Å². The minimum Gasteiger partial charge on any atom is -0.447 e. The molecular formula is C18H24N4O3. The van der Waals surface area contributed by atoms with Gasteiger partial charge in [-0.15, -0.1) is 0 Å². The van der Waals surface area contributed by atoms with E-state index in [0.717, 1.165) is 12.0 Å². The summed E-state index contributed by atoms with van der Waals surface area (Å²) in [5.41, 5.74) is 9.71. The summed E-state index contributed by atoms with van der Waals surface area (Å²) in [6.45, 7) is 4.29. The van der Waals surface area contributed by atoms with Gasteiger partial charge in [0.05, 0.1) is 6.04 Å². The monoisotopic (exact) mass is 344 g/mol. The number of amides is 2. The van der Waals surface area contributed by atoms with E-state index in [-0.39, 0.29) is 31.0 Å². The van der Waals surface area contributed by atoms with Gasteiger partial charge < -0.3 is 4.74 Å². The van der Waals surface area contributed by atoms with Crippen LogP contribution in [-0.2, 0) is 16.0 Å². The number of rotatable bonds is 8. The summed E-state index contributed by atoms with van der Waals surface area (Å²) in [7, 11) is 0. The number of hydrogen-bond acceptors (Lipinski definition) is 4. The second kappa shape index (κ2) is 9.08. The fourth-order valence-electron chi connectivity index (χ4n) is 3.05. The second-order valence-electron chi connectivity index (χ2n) is 6.71. The highest BCUT2D eigenvalue weighted by Crippen LogP contribution is 2.21. The number of carbonyl (C=O) groups excluding carboxylic acids is 2. The molecule has 1 aliphatic heterocycles. The normalized spacial score (nSPS) is 18.0. The van der Waals surface area contributed by atoms with Crippen LogP contribution in [0.5, 0.6) is 0 Å². The van der Waals surface area contributed by atoms with Gasteiger partial charge in [-0.2, -0.15) is 0 Å². The summed E-state index contributed by atoms with van der Waals surface area (Å²) in [5, 5.41) is 3.76. The van der Waals surface area contributed by atoms with Crippen LogP contribution >= 0.6 is 0 Å². The Balaban J connectivity index is 1.97. The summed E-state index contributed by atoms with van der Waals surface area (Å²) in [6, 6.07) is 9.18. The van der Waals surface area contributed by atoms with Crippen LogP contribution in [0.15, 0.2) is 35.4 Å². The number of nitrogens with zero attached hydrogens (tertiary/aromatic N) is 4. The molecule has 1 fully saturated rings. The molecule has 0 radical (unpaired) electrons. The lowest BCUT2D eigenvalue weighted by atomic mass is 10.00. The van der Waals surface area contributed by atoms with Crippen molar-refractivity contribution in [2.24, 2.45) is 11.0 Å². The molecule has 134 valence electrons. The van der Waals surface area contributed by atoms with E-state index in [4.69, 9.17) is 10.3 Å². The van der Waals surface area contributed by atoms with Crippen molar-refractivity contribution in [2.75, 3.05) is 6.61 Å². The second-order valence-corrected chi connectivity index (χ2v) is 6.71. The summed E-state index contributed by atoms with van der Waals surface area (Å²) in [5.74, 6) is 0.0958. The Morgan fingerprint density at radius 3 is 2.76 bits per heavy atom. The van der Waals surface area contributed by atoms with E-state index in [0.29, 0.717) is 18.8 Å². The third-order valence-corrected chi connectivity index (χ3v) is 4.19. The Kier molecular flexibility index (Phi) is 6.83. The number of azide groups is 1. The maximum atomic E-state index is 12.5. The molecule has 7 nitrogen and oxygen atoms in total. The molecule has 0 N–H and O–H groups in total. The lowest BCUT2D eigenvalue weighted by Crippen LogP contribution is -2.40. The van der Waals surface area contributed by atoms with Crippen molar-refractivity contribution in [2.45, 2.75) is 51.6 Å².